The van der Waals surface area contributed by atoms with Crippen molar-refractivity contribution in [1.29, 1.82) is 0 Å². The van der Waals surface area contributed by atoms with Crippen molar-refractivity contribution < 1.29 is 4.79 Å². The molecule has 1 fully saturated rings. The van der Waals surface area contributed by atoms with Crippen LogP contribution in [0.15, 0.2) is 15.9 Å². The maximum atomic E-state index is 12.0. The quantitative estimate of drug-likeness (QED) is 0.857. The molecule has 0 aliphatic carbocycles. The van der Waals surface area contributed by atoms with Crippen molar-refractivity contribution in [1.82, 2.24) is 10.2 Å². The molecule has 0 aromatic carbocycles. The summed E-state index contributed by atoms with van der Waals surface area (Å²) >= 11 is 4.86. The number of hydrogen-bond acceptors (Lipinski definition) is 3. The molecule has 1 amide bonds. The Kier molecular flexibility index (Phi) is 3.43. The first-order valence-corrected chi connectivity index (χ1v) is 6.61. The van der Waals surface area contributed by atoms with Gasteiger partial charge in [0.25, 0.3) is 5.91 Å². The van der Waals surface area contributed by atoms with Crippen molar-refractivity contribution >= 4 is 33.2 Å². The van der Waals surface area contributed by atoms with Crippen LogP contribution in [0.4, 0.5) is 0 Å². The third kappa shape index (κ3) is 2.59. The highest BCUT2D eigenvalue weighted by atomic mass is 79.9. The Labute approximate surface area is 102 Å². The van der Waals surface area contributed by atoms with Crippen LogP contribution >= 0.6 is 27.3 Å². The number of nitrogens with one attached hydrogen (secondary N) is 1. The third-order valence-electron chi connectivity index (χ3n) is 2.43. The van der Waals surface area contributed by atoms with E-state index in [1.165, 1.54) is 11.3 Å². The molecule has 0 unspecified atom stereocenters. The Morgan fingerprint density at radius 3 is 3.13 bits per heavy atom. The fraction of sp³-hybridized carbons (Fsp3) is 0.500. The Morgan fingerprint density at radius 2 is 2.53 bits per heavy atom. The summed E-state index contributed by atoms with van der Waals surface area (Å²) in [5.41, 5.74) is 0. The molecule has 0 saturated carbocycles. The SMILES string of the molecule is C[C@H]1CN(C(=O)c2cc(Br)cs2)CCN1. The standard InChI is InChI=1S/C10H13BrN2OS/c1-7-5-13(3-2-12-7)10(14)9-4-8(11)6-15-9/h4,6-7,12H,2-3,5H2,1H3/t7-/m0/s1. The van der Waals surface area contributed by atoms with Crippen LogP contribution in [-0.2, 0) is 0 Å². The van der Waals surface area contributed by atoms with Gasteiger partial charge >= 0.3 is 0 Å². The monoisotopic (exact) mass is 288 g/mol. The van der Waals surface area contributed by atoms with Gasteiger partial charge in [-0.3, -0.25) is 4.79 Å². The van der Waals surface area contributed by atoms with Gasteiger partial charge < -0.3 is 10.2 Å². The number of thiophene rings is 1. The Balaban J connectivity index is 2.07. The summed E-state index contributed by atoms with van der Waals surface area (Å²) in [4.78, 5) is 14.8. The van der Waals surface area contributed by atoms with Gasteiger partial charge in [0.05, 0.1) is 4.88 Å². The molecule has 1 aromatic rings. The molecule has 0 spiro atoms. The predicted molar refractivity (Wildman–Crippen MR) is 65.4 cm³/mol. The number of halogens is 1. The lowest BCUT2D eigenvalue weighted by molar-refractivity contribution is 0.0714. The average Bonchev–Trinajstić information content (AvgIpc) is 2.64. The first kappa shape index (κ1) is 11.1. The van der Waals surface area contributed by atoms with Crippen molar-refractivity contribution in [3.8, 4) is 0 Å². The maximum absolute atomic E-state index is 12.0. The summed E-state index contributed by atoms with van der Waals surface area (Å²) < 4.78 is 0.985. The molecule has 0 radical (unpaired) electrons. The summed E-state index contributed by atoms with van der Waals surface area (Å²) in [7, 11) is 0. The normalized spacial score (nSPS) is 21.7. The van der Waals surface area contributed by atoms with Crippen molar-refractivity contribution in [2.75, 3.05) is 19.6 Å². The smallest absolute Gasteiger partial charge is 0.264 e. The van der Waals surface area contributed by atoms with Gasteiger partial charge in [0.1, 0.15) is 0 Å². The van der Waals surface area contributed by atoms with E-state index in [0.29, 0.717) is 6.04 Å². The van der Waals surface area contributed by atoms with Crippen LogP contribution in [0.3, 0.4) is 0 Å². The van der Waals surface area contributed by atoms with Gasteiger partial charge in [-0.25, -0.2) is 0 Å². The number of carbonyl (C=O) groups is 1. The molecule has 1 N–H and O–H groups in total. The first-order chi connectivity index (χ1) is 7.16. The minimum atomic E-state index is 0.152. The molecule has 82 valence electrons. The summed E-state index contributed by atoms with van der Waals surface area (Å²) in [6, 6.07) is 2.28. The Bertz CT molecular complexity index is 366. The Hall–Kier alpha value is -0.390. The molecule has 1 aliphatic rings. The Morgan fingerprint density at radius 1 is 1.73 bits per heavy atom. The van der Waals surface area contributed by atoms with E-state index in [1.807, 2.05) is 16.3 Å². The average molecular weight is 289 g/mol. The van der Waals surface area contributed by atoms with Crippen LogP contribution in [0.5, 0.6) is 0 Å². The molecule has 2 heterocycles. The van der Waals surface area contributed by atoms with E-state index >= 15 is 0 Å². The molecule has 1 aliphatic heterocycles. The van der Waals surface area contributed by atoms with Gasteiger partial charge in [-0.15, -0.1) is 11.3 Å². The number of piperazine rings is 1. The van der Waals surface area contributed by atoms with Crippen LogP contribution in [0.2, 0.25) is 0 Å². The summed E-state index contributed by atoms with van der Waals surface area (Å²) in [5, 5.41) is 5.27. The number of carbonyl (C=O) groups excluding carboxylic acids is 1. The second-order valence-electron chi connectivity index (χ2n) is 3.74. The van der Waals surface area contributed by atoms with E-state index in [9.17, 15) is 4.79 Å². The number of hydrogen-bond donors (Lipinski definition) is 1. The van der Waals surface area contributed by atoms with Crippen molar-refractivity contribution in [3.63, 3.8) is 0 Å². The highest BCUT2D eigenvalue weighted by Gasteiger charge is 2.22. The molecular weight excluding hydrogens is 276 g/mol. The highest BCUT2D eigenvalue weighted by Crippen LogP contribution is 2.21. The van der Waals surface area contributed by atoms with Crippen LogP contribution < -0.4 is 5.32 Å². The lowest BCUT2D eigenvalue weighted by Gasteiger charge is -2.31. The lowest BCUT2D eigenvalue weighted by atomic mass is 10.2. The van der Waals surface area contributed by atoms with Crippen molar-refractivity contribution in [3.05, 3.63) is 20.8 Å². The molecule has 0 bridgehead atoms. The van der Waals surface area contributed by atoms with Crippen LogP contribution in [-0.4, -0.2) is 36.5 Å². The third-order valence-corrected chi connectivity index (χ3v) is 4.11. The lowest BCUT2D eigenvalue weighted by Crippen LogP contribution is -2.51. The number of nitrogens with zero attached hydrogens (tertiary/aromatic N) is 1. The van der Waals surface area contributed by atoms with E-state index in [0.717, 1.165) is 29.0 Å². The van der Waals surface area contributed by atoms with Crippen LogP contribution in [0.25, 0.3) is 0 Å². The molecular formula is C10H13BrN2OS. The van der Waals surface area contributed by atoms with Crippen molar-refractivity contribution in [2.24, 2.45) is 0 Å². The second kappa shape index (κ2) is 4.63. The van der Waals surface area contributed by atoms with Gasteiger partial charge in [-0.2, -0.15) is 0 Å². The number of amides is 1. The zero-order valence-corrected chi connectivity index (χ0v) is 10.9. The first-order valence-electron chi connectivity index (χ1n) is 4.93. The largest absolute Gasteiger partial charge is 0.335 e. The van der Waals surface area contributed by atoms with E-state index in [4.69, 9.17) is 0 Å². The summed E-state index contributed by atoms with van der Waals surface area (Å²) in [5.74, 6) is 0.152. The van der Waals surface area contributed by atoms with Gasteiger partial charge in [0, 0.05) is 35.5 Å². The number of rotatable bonds is 1. The van der Waals surface area contributed by atoms with Crippen LogP contribution in [0, 0.1) is 0 Å². The zero-order chi connectivity index (χ0) is 10.8. The second-order valence-corrected chi connectivity index (χ2v) is 5.56. The highest BCUT2D eigenvalue weighted by molar-refractivity contribution is 9.10. The minimum absolute atomic E-state index is 0.152. The molecule has 1 atom stereocenters. The van der Waals surface area contributed by atoms with Gasteiger partial charge in [0.2, 0.25) is 0 Å². The molecule has 1 saturated heterocycles. The van der Waals surface area contributed by atoms with Gasteiger partial charge in [0.15, 0.2) is 0 Å². The van der Waals surface area contributed by atoms with Gasteiger partial charge in [-0.1, -0.05) is 0 Å². The molecule has 2 rings (SSSR count). The predicted octanol–water partition coefficient (Wildman–Crippen LogP) is 1.94. The fourth-order valence-electron chi connectivity index (χ4n) is 1.70. The van der Waals surface area contributed by atoms with Crippen molar-refractivity contribution in [2.45, 2.75) is 13.0 Å². The molecule has 5 heteroatoms. The topological polar surface area (TPSA) is 32.3 Å². The zero-order valence-electron chi connectivity index (χ0n) is 8.50. The summed E-state index contributed by atoms with van der Waals surface area (Å²) in [6.07, 6.45) is 0. The van der Waals surface area contributed by atoms with E-state index in [-0.39, 0.29) is 5.91 Å². The van der Waals surface area contributed by atoms with E-state index in [1.54, 1.807) is 0 Å². The van der Waals surface area contributed by atoms with E-state index < -0.39 is 0 Å². The maximum Gasteiger partial charge on any atom is 0.264 e. The molecule has 1 aromatic heterocycles. The summed E-state index contributed by atoms with van der Waals surface area (Å²) in [6.45, 7) is 4.59. The van der Waals surface area contributed by atoms with E-state index in [2.05, 4.69) is 28.2 Å². The minimum Gasteiger partial charge on any atom is -0.335 e. The fourth-order valence-corrected chi connectivity index (χ4v) is 3.09. The van der Waals surface area contributed by atoms with Gasteiger partial charge in [-0.05, 0) is 28.9 Å². The molecule has 15 heavy (non-hydrogen) atoms. The molecule has 3 nitrogen and oxygen atoms in total. The van der Waals surface area contributed by atoms with Crippen LogP contribution in [0.1, 0.15) is 16.6 Å².